The summed E-state index contributed by atoms with van der Waals surface area (Å²) in [6.45, 7) is 7.31. The highest BCUT2D eigenvalue weighted by molar-refractivity contribution is 8.00. The second kappa shape index (κ2) is 6.30. The number of aryl methyl sites for hydroxylation is 1. The predicted molar refractivity (Wildman–Crippen MR) is 80.4 cm³/mol. The summed E-state index contributed by atoms with van der Waals surface area (Å²) >= 11 is 1.55. The summed E-state index contributed by atoms with van der Waals surface area (Å²) in [5, 5.41) is 3.16. The Morgan fingerprint density at radius 3 is 2.79 bits per heavy atom. The minimum absolute atomic E-state index is 0.0952. The zero-order valence-corrected chi connectivity index (χ0v) is 12.3. The number of nitrogens with two attached hydrogens (primary N) is 1. The van der Waals surface area contributed by atoms with E-state index in [2.05, 4.69) is 5.32 Å². The smallest absolute Gasteiger partial charge is 0.235 e. The first-order chi connectivity index (χ1) is 9.09. The van der Waals surface area contributed by atoms with Crippen LogP contribution in [0.5, 0.6) is 0 Å². The molecule has 19 heavy (non-hydrogen) atoms. The Kier molecular flexibility index (Phi) is 4.71. The molecule has 1 atom stereocenters. The molecule has 0 bridgehead atoms. The number of carbonyl (C=O) groups is 1. The molecule has 5 heteroatoms. The summed E-state index contributed by atoms with van der Waals surface area (Å²) in [5.41, 5.74) is 7.90. The number of amides is 1. The SMILES string of the molecule is Cc1cccc(SC(C)C(=O)N2CCNCC2)c1N. The molecule has 3 N–H and O–H groups in total. The van der Waals surface area contributed by atoms with Crippen molar-refractivity contribution >= 4 is 23.4 Å². The Morgan fingerprint density at radius 1 is 1.42 bits per heavy atom. The maximum absolute atomic E-state index is 12.3. The summed E-state index contributed by atoms with van der Waals surface area (Å²) < 4.78 is 0. The largest absolute Gasteiger partial charge is 0.398 e. The topological polar surface area (TPSA) is 58.4 Å². The fraction of sp³-hybridized carbons (Fsp3) is 0.500. The van der Waals surface area contributed by atoms with Gasteiger partial charge in [0.05, 0.1) is 5.25 Å². The summed E-state index contributed by atoms with van der Waals surface area (Å²) in [4.78, 5) is 15.3. The van der Waals surface area contributed by atoms with E-state index in [0.717, 1.165) is 42.3 Å². The average molecular weight is 279 g/mol. The molecular formula is C14H21N3OS. The van der Waals surface area contributed by atoms with E-state index in [1.807, 2.05) is 36.9 Å². The van der Waals surface area contributed by atoms with Crippen LogP contribution in [0.15, 0.2) is 23.1 Å². The van der Waals surface area contributed by atoms with Crippen molar-refractivity contribution < 1.29 is 4.79 Å². The molecule has 1 aliphatic rings. The van der Waals surface area contributed by atoms with Crippen LogP contribution in [0, 0.1) is 6.92 Å². The van der Waals surface area contributed by atoms with Crippen molar-refractivity contribution in [1.29, 1.82) is 0 Å². The van der Waals surface area contributed by atoms with Crippen molar-refractivity contribution in [2.45, 2.75) is 24.0 Å². The molecule has 1 saturated heterocycles. The molecule has 0 radical (unpaired) electrons. The van der Waals surface area contributed by atoms with Crippen molar-refractivity contribution in [3.8, 4) is 0 Å². The van der Waals surface area contributed by atoms with Crippen molar-refractivity contribution in [2.75, 3.05) is 31.9 Å². The van der Waals surface area contributed by atoms with Crippen LogP contribution in [0.2, 0.25) is 0 Å². The van der Waals surface area contributed by atoms with Crippen molar-refractivity contribution in [3.05, 3.63) is 23.8 Å². The lowest BCUT2D eigenvalue weighted by molar-refractivity contribution is -0.130. The molecule has 1 fully saturated rings. The molecule has 1 aliphatic heterocycles. The summed E-state index contributed by atoms with van der Waals surface area (Å²) in [5.74, 6) is 0.201. The molecule has 104 valence electrons. The highest BCUT2D eigenvalue weighted by Crippen LogP contribution is 2.31. The average Bonchev–Trinajstić information content (AvgIpc) is 2.44. The second-order valence-electron chi connectivity index (χ2n) is 4.82. The second-order valence-corrected chi connectivity index (χ2v) is 6.20. The Labute approximate surface area is 118 Å². The number of rotatable bonds is 3. The molecule has 2 rings (SSSR count). The van der Waals surface area contributed by atoms with E-state index >= 15 is 0 Å². The van der Waals surface area contributed by atoms with Gasteiger partial charge >= 0.3 is 0 Å². The number of nitrogens with one attached hydrogen (secondary N) is 1. The fourth-order valence-electron chi connectivity index (χ4n) is 2.14. The third-order valence-electron chi connectivity index (χ3n) is 3.36. The number of piperazine rings is 1. The van der Waals surface area contributed by atoms with Gasteiger partial charge in [0, 0.05) is 36.8 Å². The third-order valence-corrected chi connectivity index (χ3v) is 4.53. The zero-order chi connectivity index (χ0) is 13.8. The van der Waals surface area contributed by atoms with E-state index in [0.29, 0.717) is 0 Å². The maximum atomic E-state index is 12.3. The molecule has 0 aromatic heterocycles. The summed E-state index contributed by atoms with van der Waals surface area (Å²) in [6, 6.07) is 5.95. The van der Waals surface area contributed by atoms with Gasteiger partial charge in [-0.1, -0.05) is 12.1 Å². The van der Waals surface area contributed by atoms with Crippen LogP contribution in [-0.4, -0.2) is 42.2 Å². The number of benzene rings is 1. The summed E-state index contributed by atoms with van der Waals surface area (Å²) in [7, 11) is 0. The van der Waals surface area contributed by atoms with Crippen LogP contribution >= 0.6 is 11.8 Å². The van der Waals surface area contributed by atoms with Crippen molar-refractivity contribution in [2.24, 2.45) is 0 Å². The molecule has 1 unspecified atom stereocenters. The van der Waals surface area contributed by atoms with Gasteiger partial charge in [0.15, 0.2) is 0 Å². The normalized spacial score (nSPS) is 17.3. The highest BCUT2D eigenvalue weighted by Gasteiger charge is 2.23. The van der Waals surface area contributed by atoms with Gasteiger partial charge in [-0.15, -0.1) is 11.8 Å². The molecule has 0 aliphatic carbocycles. The molecule has 1 heterocycles. The zero-order valence-electron chi connectivity index (χ0n) is 11.5. The van der Waals surface area contributed by atoms with Gasteiger partial charge in [-0.25, -0.2) is 0 Å². The Bertz CT molecular complexity index is 458. The lowest BCUT2D eigenvalue weighted by atomic mass is 10.2. The number of nitrogens with zero attached hydrogens (tertiary/aromatic N) is 1. The Balaban J connectivity index is 2.01. The van der Waals surface area contributed by atoms with Crippen LogP contribution in [-0.2, 0) is 4.79 Å². The Hall–Kier alpha value is -1.20. The van der Waals surface area contributed by atoms with E-state index < -0.39 is 0 Å². The van der Waals surface area contributed by atoms with E-state index in [-0.39, 0.29) is 11.2 Å². The molecule has 1 amide bonds. The standard InChI is InChI=1S/C14H21N3OS/c1-10-4-3-5-12(13(10)15)19-11(2)14(18)17-8-6-16-7-9-17/h3-5,11,16H,6-9,15H2,1-2H3. The van der Waals surface area contributed by atoms with Gasteiger partial charge in [0.2, 0.25) is 5.91 Å². The maximum Gasteiger partial charge on any atom is 0.235 e. The van der Waals surface area contributed by atoms with Crippen LogP contribution in [0.1, 0.15) is 12.5 Å². The molecule has 1 aromatic rings. The number of hydrogen-bond donors (Lipinski definition) is 2. The number of carbonyl (C=O) groups excluding carboxylic acids is 1. The number of anilines is 1. The quantitative estimate of drug-likeness (QED) is 0.650. The monoisotopic (exact) mass is 279 g/mol. The van der Waals surface area contributed by atoms with E-state index in [9.17, 15) is 4.79 Å². The minimum Gasteiger partial charge on any atom is -0.398 e. The highest BCUT2D eigenvalue weighted by atomic mass is 32.2. The first kappa shape index (κ1) is 14.2. The van der Waals surface area contributed by atoms with Gasteiger partial charge in [0.25, 0.3) is 0 Å². The predicted octanol–water partition coefficient (Wildman–Crippen LogP) is 1.49. The van der Waals surface area contributed by atoms with Gasteiger partial charge in [-0.05, 0) is 25.5 Å². The minimum atomic E-state index is -0.0952. The van der Waals surface area contributed by atoms with Gasteiger partial charge in [-0.3, -0.25) is 4.79 Å². The Morgan fingerprint density at radius 2 is 2.11 bits per heavy atom. The molecule has 4 nitrogen and oxygen atoms in total. The lowest BCUT2D eigenvalue weighted by Crippen LogP contribution is -2.48. The molecule has 1 aromatic carbocycles. The van der Waals surface area contributed by atoms with Crippen molar-refractivity contribution in [3.63, 3.8) is 0 Å². The molecule has 0 saturated carbocycles. The van der Waals surface area contributed by atoms with Crippen LogP contribution in [0.4, 0.5) is 5.69 Å². The first-order valence-corrected chi connectivity index (χ1v) is 7.49. The lowest BCUT2D eigenvalue weighted by Gasteiger charge is -2.29. The van der Waals surface area contributed by atoms with E-state index in [1.54, 1.807) is 11.8 Å². The number of hydrogen-bond acceptors (Lipinski definition) is 4. The van der Waals surface area contributed by atoms with Gasteiger partial charge < -0.3 is 16.0 Å². The fourth-order valence-corrected chi connectivity index (χ4v) is 3.22. The van der Waals surface area contributed by atoms with E-state index in [1.165, 1.54) is 0 Å². The third kappa shape index (κ3) is 3.42. The first-order valence-electron chi connectivity index (χ1n) is 6.61. The number of nitrogen functional groups attached to an aromatic ring is 1. The molecule has 0 spiro atoms. The van der Waals surface area contributed by atoms with Gasteiger partial charge in [-0.2, -0.15) is 0 Å². The number of thioether (sulfide) groups is 1. The van der Waals surface area contributed by atoms with Crippen LogP contribution in [0.3, 0.4) is 0 Å². The number of para-hydroxylation sites is 1. The summed E-state index contributed by atoms with van der Waals surface area (Å²) in [6.07, 6.45) is 0. The van der Waals surface area contributed by atoms with Crippen LogP contribution in [0.25, 0.3) is 0 Å². The molecular weight excluding hydrogens is 258 g/mol. The van der Waals surface area contributed by atoms with Crippen LogP contribution < -0.4 is 11.1 Å². The van der Waals surface area contributed by atoms with E-state index in [4.69, 9.17) is 5.73 Å². The van der Waals surface area contributed by atoms with Gasteiger partial charge in [0.1, 0.15) is 0 Å². The van der Waals surface area contributed by atoms with Crippen molar-refractivity contribution in [1.82, 2.24) is 10.2 Å².